The predicted octanol–water partition coefficient (Wildman–Crippen LogP) is 1.85. The van der Waals surface area contributed by atoms with E-state index in [2.05, 4.69) is 32.6 Å². The fourth-order valence-corrected chi connectivity index (χ4v) is 1.79. The highest BCUT2D eigenvalue weighted by molar-refractivity contribution is 4.83. The van der Waals surface area contributed by atoms with Crippen molar-refractivity contribution in [3.8, 4) is 0 Å². The van der Waals surface area contributed by atoms with Gasteiger partial charge in [0.2, 0.25) is 0 Å². The first-order valence-electron chi connectivity index (χ1n) is 4.51. The normalized spacial score (nSPS) is 33.5. The zero-order valence-electron chi connectivity index (χ0n) is 8.05. The second-order valence-corrected chi connectivity index (χ2v) is 3.66. The van der Waals surface area contributed by atoms with E-state index in [1.54, 1.807) is 0 Å². The van der Waals surface area contributed by atoms with Crippen molar-refractivity contribution in [1.29, 1.82) is 0 Å². The smallest absolute Gasteiger partial charge is 0.118 e. The van der Waals surface area contributed by atoms with Gasteiger partial charge < -0.3 is 4.74 Å². The first-order chi connectivity index (χ1) is 5.10. The summed E-state index contributed by atoms with van der Waals surface area (Å²) in [5.74, 6) is 0. The van der Waals surface area contributed by atoms with Crippen LogP contribution in [0.5, 0.6) is 0 Å². The molecule has 0 aromatic heterocycles. The lowest BCUT2D eigenvalue weighted by Crippen LogP contribution is -2.45. The van der Waals surface area contributed by atoms with E-state index in [4.69, 9.17) is 4.74 Å². The van der Waals surface area contributed by atoms with Crippen LogP contribution in [-0.2, 0) is 4.74 Å². The van der Waals surface area contributed by atoms with E-state index in [0.717, 1.165) is 19.6 Å². The molecule has 0 aromatic carbocycles. The van der Waals surface area contributed by atoms with Gasteiger partial charge in [0, 0.05) is 12.6 Å². The zero-order chi connectivity index (χ0) is 8.48. The van der Waals surface area contributed by atoms with Gasteiger partial charge in [-0.15, -0.1) is 0 Å². The Balaban J connectivity index is 2.64. The predicted molar refractivity (Wildman–Crippen MR) is 46.5 cm³/mol. The summed E-state index contributed by atoms with van der Waals surface area (Å²) >= 11 is 0. The van der Waals surface area contributed by atoms with Crippen molar-refractivity contribution >= 4 is 0 Å². The molecule has 1 aliphatic heterocycles. The van der Waals surface area contributed by atoms with Gasteiger partial charge in [0.05, 0.1) is 6.61 Å². The minimum absolute atomic E-state index is 0.00810. The van der Waals surface area contributed by atoms with Crippen molar-refractivity contribution in [3.05, 3.63) is 0 Å². The molecule has 0 aromatic rings. The average Bonchev–Trinajstić information content (AvgIpc) is 2.32. The molecule has 0 aliphatic carbocycles. The number of ether oxygens (including phenoxy) is 1. The Bertz CT molecular complexity index is 136. The summed E-state index contributed by atoms with van der Waals surface area (Å²) < 4.78 is 5.69. The van der Waals surface area contributed by atoms with Gasteiger partial charge in [0.1, 0.15) is 5.72 Å². The molecule has 0 spiro atoms. The van der Waals surface area contributed by atoms with E-state index in [1.807, 2.05) is 0 Å². The van der Waals surface area contributed by atoms with Crippen LogP contribution in [0.4, 0.5) is 0 Å². The number of hydrogen-bond acceptors (Lipinski definition) is 2. The second kappa shape index (κ2) is 3.11. The van der Waals surface area contributed by atoms with Gasteiger partial charge in [-0.2, -0.15) is 0 Å². The van der Waals surface area contributed by atoms with E-state index >= 15 is 0 Å². The van der Waals surface area contributed by atoms with E-state index in [-0.39, 0.29) is 5.72 Å². The van der Waals surface area contributed by atoms with Crippen LogP contribution in [0.15, 0.2) is 0 Å². The summed E-state index contributed by atoms with van der Waals surface area (Å²) in [6.07, 6.45) is 1.07. The Morgan fingerprint density at radius 3 is 2.55 bits per heavy atom. The maximum absolute atomic E-state index is 5.69. The minimum atomic E-state index is 0.00810. The molecule has 2 heteroatoms. The van der Waals surface area contributed by atoms with Crippen molar-refractivity contribution in [2.45, 2.75) is 45.9 Å². The third-order valence-electron chi connectivity index (χ3n) is 2.63. The van der Waals surface area contributed by atoms with E-state index in [1.165, 1.54) is 0 Å². The summed E-state index contributed by atoms with van der Waals surface area (Å²) in [6, 6.07) is 0.599. The summed E-state index contributed by atoms with van der Waals surface area (Å²) in [5, 5.41) is 0. The molecule has 1 saturated heterocycles. The quantitative estimate of drug-likeness (QED) is 0.606. The van der Waals surface area contributed by atoms with Gasteiger partial charge in [0.25, 0.3) is 0 Å². The van der Waals surface area contributed by atoms with Gasteiger partial charge in [-0.1, -0.05) is 6.92 Å². The fraction of sp³-hybridized carbons (Fsp3) is 1.00. The van der Waals surface area contributed by atoms with E-state index < -0.39 is 0 Å². The molecule has 1 heterocycles. The summed E-state index contributed by atoms with van der Waals surface area (Å²) in [6.45, 7) is 10.8. The molecular formula is C9H19NO. The topological polar surface area (TPSA) is 12.5 Å². The van der Waals surface area contributed by atoms with E-state index in [0.29, 0.717) is 6.04 Å². The lowest BCUT2D eigenvalue weighted by Gasteiger charge is -2.35. The minimum Gasteiger partial charge on any atom is -0.359 e. The molecule has 0 amide bonds. The SMILES string of the molecule is CCC1(C)OCCN1C(C)C. The maximum Gasteiger partial charge on any atom is 0.118 e. The molecule has 2 nitrogen and oxygen atoms in total. The lowest BCUT2D eigenvalue weighted by atomic mass is 10.1. The van der Waals surface area contributed by atoms with Crippen LogP contribution in [0.1, 0.15) is 34.1 Å². The highest BCUT2D eigenvalue weighted by Gasteiger charge is 2.37. The number of hydrogen-bond donors (Lipinski definition) is 0. The molecule has 0 N–H and O–H groups in total. The third kappa shape index (κ3) is 1.57. The second-order valence-electron chi connectivity index (χ2n) is 3.66. The van der Waals surface area contributed by atoms with Gasteiger partial charge >= 0.3 is 0 Å². The maximum atomic E-state index is 5.69. The molecule has 0 saturated carbocycles. The van der Waals surface area contributed by atoms with Crippen molar-refractivity contribution < 1.29 is 4.74 Å². The largest absolute Gasteiger partial charge is 0.359 e. The lowest BCUT2D eigenvalue weighted by molar-refractivity contribution is -0.0805. The first kappa shape index (κ1) is 9.01. The van der Waals surface area contributed by atoms with Crippen molar-refractivity contribution in [2.75, 3.05) is 13.2 Å². The standard InChI is InChI=1S/C9H19NO/c1-5-9(4)10(8(2)3)6-7-11-9/h8H,5-7H2,1-4H3. The van der Waals surface area contributed by atoms with Crippen LogP contribution in [0.25, 0.3) is 0 Å². The highest BCUT2D eigenvalue weighted by atomic mass is 16.5. The molecule has 0 radical (unpaired) electrons. The monoisotopic (exact) mass is 157 g/mol. The van der Waals surface area contributed by atoms with Crippen LogP contribution in [0.3, 0.4) is 0 Å². The molecule has 66 valence electrons. The Morgan fingerprint density at radius 2 is 2.18 bits per heavy atom. The van der Waals surface area contributed by atoms with Crippen LogP contribution in [0, 0.1) is 0 Å². The number of nitrogens with zero attached hydrogens (tertiary/aromatic N) is 1. The van der Waals surface area contributed by atoms with Crippen LogP contribution in [-0.4, -0.2) is 29.8 Å². The van der Waals surface area contributed by atoms with Crippen LogP contribution >= 0.6 is 0 Å². The first-order valence-corrected chi connectivity index (χ1v) is 4.51. The van der Waals surface area contributed by atoms with Crippen molar-refractivity contribution in [2.24, 2.45) is 0 Å². The Morgan fingerprint density at radius 1 is 1.55 bits per heavy atom. The Kier molecular flexibility index (Phi) is 2.55. The Labute approximate surface area is 69.5 Å². The summed E-state index contributed by atoms with van der Waals surface area (Å²) in [5.41, 5.74) is 0.00810. The van der Waals surface area contributed by atoms with Crippen molar-refractivity contribution in [3.63, 3.8) is 0 Å². The molecular weight excluding hydrogens is 138 g/mol. The van der Waals surface area contributed by atoms with Crippen LogP contribution < -0.4 is 0 Å². The summed E-state index contributed by atoms with van der Waals surface area (Å²) in [4.78, 5) is 2.42. The molecule has 11 heavy (non-hydrogen) atoms. The molecule has 1 aliphatic rings. The molecule has 0 bridgehead atoms. The van der Waals surface area contributed by atoms with Gasteiger partial charge in [-0.05, 0) is 27.2 Å². The van der Waals surface area contributed by atoms with E-state index in [9.17, 15) is 0 Å². The fourth-order valence-electron chi connectivity index (χ4n) is 1.79. The highest BCUT2D eigenvalue weighted by Crippen LogP contribution is 2.27. The summed E-state index contributed by atoms with van der Waals surface area (Å²) in [7, 11) is 0. The van der Waals surface area contributed by atoms with Gasteiger partial charge in [0.15, 0.2) is 0 Å². The Hall–Kier alpha value is -0.0800. The molecule has 1 unspecified atom stereocenters. The average molecular weight is 157 g/mol. The third-order valence-corrected chi connectivity index (χ3v) is 2.63. The molecule has 1 atom stereocenters. The van der Waals surface area contributed by atoms with Gasteiger partial charge in [-0.3, -0.25) is 4.90 Å². The zero-order valence-corrected chi connectivity index (χ0v) is 8.05. The van der Waals surface area contributed by atoms with Crippen LogP contribution in [0.2, 0.25) is 0 Å². The number of rotatable bonds is 2. The van der Waals surface area contributed by atoms with Gasteiger partial charge in [-0.25, -0.2) is 0 Å². The van der Waals surface area contributed by atoms with Crippen molar-refractivity contribution in [1.82, 2.24) is 4.90 Å². The molecule has 1 fully saturated rings. The molecule has 1 rings (SSSR count).